The lowest BCUT2D eigenvalue weighted by molar-refractivity contribution is 0.0786. The number of likely N-dealkylation sites (tertiary alicyclic amines) is 1. The van der Waals surface area contributed by atoms with Crippen molar-refractivity contribution in [2.45, 2.75) is 13.3 Å². The molecule has 1 aromatic heterocycles. The van der Waals surface area contributed by atoms with Crippen molar-refractivity contribution in [1.82, 2.24) is 10.1 Å². The fourth-order valence-electron chi connectivity index (χ4n) is 1.88. The summed E-state index contributed by atoms with van der Waals surface area (Å²) >= 11 is 0. The molecular weight excluding hydrogens is 194 g/mol. The number of hydrogen-bond donors (Lipinski definition) is 1. The van der Waals surface area contributed by atoms with Crippen LogP contribution in [0.2, 0.25) is 0 Å². The molecule has 0 aliphatic carbocycles. The van der Waals surface area contributed by atoms with Gasteiger partial charge in [-0.2, -0.15) is 0 Å². The average Bonchev–Trinajstić information content (AvgIpc) is 2.84. The van der Waals surface area contributed by atoms with E-state index in [0.717, 1.165) is 19.5 Å². The van der Waals surface area contributed by atoms with Crippen LogP contribution in [0.1, 0.15) is 22.5 Å². The van der Waals surface area contributed by atoms with Crippen molar-refractivity contribution in [2.24, 2.45) is 11.7 Å². The van der Waals surface area contributed by atoms with Crippen LogP contribution in [-0.2, 0) is 0 Å². The SMILES string of the molecule is Cc1oncc1C(=O)N1CCC(CN)C1. The molecule has 1 fully saturated rings. The number of rotatable bonds is 2. The molecule has 5 heteroatoms. The lowest BCUT2D eigenvalue weighted by atomic mass is 10.1. The first kappa shape index (κ1) is 10.2. The number of aryl methyl sites for hydroxylation is 1. The molecule has 1 amide bonds. The summed E-state index contributed by atoms with van der Waals surface area (Å²) in [5.41, 5.74) is 6.14. The van der Waals surface area contributed by atoms with Gasteiger partial charge in [0.1, 0.15) is 11.3 Å². The topological polar surface area (TPSA) is 72.4 Å². The first-order valence-corrected chi connectivity index (χ1v) is 5.13. The molecule has 2 N–H and O–H groups in total. The van der Waals surface area contributed by atoms with E-state index >= 15 is 0 Å². The van der Waals surface area contributed by atoms with Crippen molar-refractivity contribution >= 4 is 5.91 Å². The second-order valence-corrected chi connectivity index (χ2v) is 3.94. The maximum Gasteiger partial charge on any atom is 0.259 e. The van der Waals surface area contributed by atoms with E-state index < -0.39 is 0 Å². The molecule has 1 aliphatic rings. The van der Waals surface area contributed by atoms with Crippen molar-refractivity contribution in [1.29, 1.82) is 0 Å². The Morgan fingerprint density at radius 1 is 1.80 bits per heavy atom. The van der Waals surface area contributed by atoms with Crippen LogP contribution in [0.4, 0.5) is 0 Å². The van der Waals surface area contributed by atoms with Gasteiger partial charge in [0.25, 0.3) is 5.91 Å². The van der Waals surface area contributed by atoms with Gasteiger partial charge in [-0.25, -0.2) is 0 Å². The molecule has 0 saturated carbocycles. The third-order valence-corrected chi connectivity index (χ3v) is 2.89. The highest BCUT2D eigenvalue weighted by atomic mass is 16.5. The Bertz CT molecular complexity index is 361. The van der Waals surface area contributed by atoms with Gasteiger partial charge in [-0.05, 0) is 25.8 Å². The van der Waals surface area contributed by atoms with Gasteiger partial charge in [-0.15, -0.1) is 0 Å². The number of nitrogens with two attached hydrogens (primary N) is 1. The van der Waals surface area contributed by atoms with Gasteiger partial charge in [-0.3, -0.25) is 4.79 Å². The van der Waals surface area contributed by atoms with Crippen molar-refractivity contribution in [2.75, 3.05) is 19.6 Å². The summed E-state index contributed by atoms with van der Waals surface area (Å²) in [6.45, 7) is 3.92. The number of amides is 1. The monoisotopic (exact) mass is 209 g/mol. The van der Waals surface area contributed by atoms with E-state index in [0.29, 0.717) is 23.8 Å². The zero-order chi connectivity index (χ0) is 10.8. The molecule has 1 aromatic rings. The van der Waals surface area contributed by atoms with Gasteiger partial charge in [0.05, 0.1) is 6.20 Å². The molecule has 0 aromatic carbocycles. The van der Waals surface area contributed by atoms with E-state index in [-0.39, 0.29) is 5.91 Å². The van der Waals surface area contributed by atoms with E-state index in [1.54, 1.807) is 6.92 Å². The Kier molecular flexibility index (Phi) is 2.73. The molecule has 0 bridgehead atoms. The van der Waals surface area contributed by atoms with Gasteiger partial charge < -0.3 is 15.2 Å². The molecule has 5 nitrogen and oxygen atoms in total. The molecule has 0 radical (unpaired) electrons. The highest BCUT2D eigenvalue weighted by Gasteiger charge is 2.27. The van der Waals surface area contributed by atoms with E-state index in [1.807, 2.05) is 4.90 Å². The summed E-state index contributed by atoms with van der Waals surface area (Å²) in [5, 5.41) is 3.61. The Labute approximate surface area is 88.2 Å². The van der Waals surface area contributed by atoms with Crippen molar-refractivity contribution in [3.05, 3.63) is 17.5 Å². The predicted molar refractivity (Wildman–Crippen MR) is 54.3 cm³/mol. The molecule has 1 unspecified atom stereocenters. The van der Waals surface area contributed by atoms with Crippen LogP contribution in [0.25, 0.3) is 0 Å². The number of aromatic nitrogens is 1. The summed E-state index contributed by atoms with van der Waals surface area (Å²) in [7, 11) is 0. The first-order valence-electron chi connectivity index (χ1n) is 5.13. The molecule has 0 spiro atoms. The van der Waals surface area contributed by atoms with Crippen molar-refractivity contribution < 1.29 is 9.32 Å². The molecule has 2 rings (SSSR count). The van der Waals surface area contributed by atoms with Crippen LogP contribution in [0, 0.1) is 12.8 Å². The molecular formula is C10H15N3O2. The quantitative estimate of drug-likeness (QED) is 0.765. The summed E-state index contributed by atoms with van der Waals surface area (Å²) in [5.74, 6) is 1.02. The smallest absolute Gasteiger partial charge is 0.259 e. The Morgan fingerprint density at radius 2 is 2.60 bits per heavy atom. The van der Waals surface area contributed by atoms with E-state index in [2.05, 4.69) is 5.16 Å². The summed E-state index contributed by atoms with van der Waals surface area (Å²) in [6.07, 6.45) is 2.47. The molecule has 15 heavy (non-hydrogen) atoms. The molecule has 82 valence electrons. The van der Waals surface area contributed by atoms with Gasteiger partial charge >= 0.3 is 0 Å². The standard InChI is InChI=1S/C10H15N3O2/c1-7-9(5-12-15-7)10(14)13-3-2-8(4-11)6-13/h5,8H,2-4,6,11H2,1H3. The van der Waals surface area contributed by atoms with Crippen LogP contribution >= 0.6 is 0 Å². The van der Waals surface area contributed by atoms with Gasteiger partial charge in [-0.1, -0.05) is 5.16 Å². The van der Waals surface area contributed by atoms with Crippen LogP contribution in [0.5, 0.6) is 0 Å². The Balaban J connectivity index is 2.07. The maximum atomic E-state index is 12.0. The highest BCUT2D eigenvalue weighted by Crippen LogP contribution is 2.18. The third-order valence-electron chi connectivity index (χ3n) is 2.89. The van der Waals surface area contributed by atoms with Crippen LogP contribution < -0.4 is 5.73 Å². The number of carbonyl (C=O) groups excluding carboxylic acids is 1. The molecule has 1 aliphatic heterocycles. The zero-order valence-corrected chi connectivity index (χ0v) is 8.77. The second-order valence-electron chi connectivity index (χ2n) is 3.94. The third kappa shape index (κ3) is 1.87. The molecule has 1 saturated heterocycles. The van der Waals surface area contributed by atoms with Crippen LogP contribution in [0.15, 0.2) is 10.7 Å². The maximum absolute atomic E-state index is 12.0. The minimum absolute atomic E-state index is 0.00435. The fraction of sp³-hybridized carbons (Fsp3) is 0.600. The fourth-order valence-corrected chi connectivity index (χ4v) is 1.88. The predicted octanol–water partition coefficient (Wildman–Crippen LogP) is 0.404. The minimum atomic E-state index is 0.00435. The van der Waals surface area contributed by atoms with E-state index in [4.69, 9.17) is 10.3 Å². The van der Waals surface area contributed by atoms with E-state index in [9.17, 15) is 4.79 Å². The van der Waals surface area contributed by atoms with Crippen molar-refractivity contribution in [3.63, 3.8) is 0 Å². The average molecular weight is 209 g/mol. The Hall–Kier alpha value is -1.36. The molecule has 1 atom stereocenters. The first-order chi connectivity index (χ1) is 7.22. The number of nitrogens with zero attached hydrogens (tertiary/aromatic N) is 2. The largest absolute Gasteiger partial charge is 0.361 e. The number of carbonyl (C=O) groups is 1. The Morgan fingerprint density at radius 3 is 3.13 bits per heavy atom. The normalized spacial score (nSPS) is 20.9. The van der Waals surface area contributed by atoms with Gasteiger partial charge in [0, 0.05) is 13.1 Å². The summed E-state index contributed by atoms with van der Waals surface area (Å²) in [6, 6.07) is 0. The van der Waals surface area contributed by atoms with Crippen LogP contribution in [0.3, 0.4) is 0 Å². The zero-order valence-electron chi connectivity index (χ0n) is 8.77. The van der Waals surface area contributed by atoms with Gasteiger partial charge in [0.15, 0.2) is 0 Å². The number of hydrogen-bond acceptors (Lipinski definition) is 4. The van der Waals surface area contributed by atoms with Crippen LogP contribution in [-0.4, -0.2) is 35.6 Å². The second kappa shape index (κ2) is 4.02. The summed E-state index contributed by atoms with van der Waals surface area (Å²) in [4.78, 5) is 13.8. The summed E-state index contributed by atoms with van der Waals surface area (Å²) < 4.78 is 4.88. The lowest BCUT2D eigenvalue weighted by Gasteiger charge is -2.15. The lowest BCUT2D eigenvalue weighted by Crippen LogP contribution is -2.30. The van der Waals surface area contributed by atoms with E-state index in [1.165, 1.54) is 6.20 Å². The molecule has 2 heterocycles. The minimum Gasteiger partial charge on any atom is -0.361 e. The van der Waals surface area contributed by atoms with Gasteiger partial charge in [0.2, 0.25) is 0 Å². The van der Waals surface area contributed by atoms with Crippen molar-refractivity contribution in [3.8, 4) is 0 Å². The highest BCUT2D eigenvalue weighted by molar-refractivity contribution is 5.94.